The molecule has 0 amide bonds. The van der Waals surface area contributed by atoms with Crippen molar-refractivity contribution in [2.24, 2.45) is 0 Å². The molecule has 0 saturated heterocycles. The van der Waals surface area contributed by atoms with E-state index in [1.54, 1.807) is 0 Å². The van der Waals surface area contributed by atoms with Gasteiger partial charge in [-0.1, -0.05) is 110 Å². The summed E-state index contributed by atoms with van der Waals surface area (Å²) in [5.41, 5.74) is 10.9. The van der Waals surface area contributed by atoms with E-state index in [9.17, 15) is 0 Å². The van der Waals surface area contributed by atoms with E-state index in [2.05, 4.69) is 150 Å². The molecule has 2 radical (unpaired) electrons. The van der Waals surface area contributed by atoms with Crippen molar-refractivity contribution in [3.8, 4) is 22.3 Å². The predicted octanol–water partition coefficient (Wildman–Crippen LogP) is 12.4. The molecule has 0 heterocycles. The zero-order valence-corrected chi connectivity index (χ0v) is 30.5. The third kappa shape index (κ3) is 8.90. The second-order valence-electron chi connectivity index (χ2n) is 10.3. The second kappa shape index (κ2) is 17.8. The van der Waals surface area contributed by atoms with Gasteiger partial charge in [0.15, 0.2) is 0 Å². The van der Waals surface area contributed by atoms with Crippen LogP contribution in [0.4, 0.5) is 0 Å². The Morgan fingerprint density at radius 2 is 0.929 bits per heavy atom. The van der Waals surface area contributed by atoms with Gasteiger partial charge in [-0.15, -0.1) is 69.1 Å². The molecule has 0 fully saturated rings. The third-order valence-corrected chi connectivity index (χ3v) is 7.26. The van der Waals surface area contributed by atoms with Crippen LogP contribution in [0.2, 0.25) is 13.1 Å². The van der Waals surface area contributed by atoms with Crippen molar-refractivity contribution in [2.75, 3.05) is 0 Å². The molecule has 0 aliphatic rings. The van der Waals surface area contributed by atoms with Crippen LogP contribution in [-0.2, 0) is 33.7 Å². The average molecular weight is 687 g/mol. The maximum absolute atomic E-state index is 4.93. The number of rotatable bonds is 4. The Labute approximate surface area is 274 Å². The standard InChI is InChI=1S/2C18H17.C2H6Si.2ClH.Zr/c2*1-3-14-11-16-10-9-13(2)18(17(16)12-14)15-7-5-4-6-8-15;1-3-2;;;/h2*4-12H,3H2,1-2H3;1-2H3;2*1H;/q2*-1;;;;+4/p-2. The summed E-state index contributed by atoms with van der Waals surface area (Å²) < 4.78 is 0. The summed E-state index contributed by atoms with van der Waals surface area (Å²) in [4.78, 5) is 0. The van der Waals surface area contributed by atoms with Gasteiger partial charge < -0.3 is 0 Å². The molecule has 0 nitrogen and oxygen atoms in total. The summed E-state index contributed by atoms with van der Waals surface area (Å²) in [5, 5.41) is 5.49. The Hall–Kier alpha value is -2.22. The Bertz CT molecular complexity index is 1520. The summed E-state index contributed by atoms with van der Waals surface area (Å²) in [6, 6.07) is 39.6. The van der Waals surface area contributed by atoms with Gasteiger partial charge in [0.05, 0.1) is 0 Å². The van der Waals surface area contributed by atoms with Crippen LogP contribution in [0, 0.1) is 13.8 Å². The Kier molecular flexibility index (Phi) is 14.5. The van der Waals surface area contributed by atoms with Crippen LogP contribution in [0.25, 0.3) is 43.8 Å². The molecule has 0 bridgehead atoms. The molecule has 0 unspecified atom stereocenters. The fourth-order valence-electron chi connectivity index (χ4n) is 5.29. The molecule has 214 valence electrons. The van der Waals surface area contributed by atoms with E-state index in [-0.39, 0.29) is 0 Å². The van der Waals surface area contributed by atoms with Gasteiger partial charge in [0.2, 0.25) is 0 Å². The van der Waals surface area contributed by atoms with E-state index in [4.69, 9.17) is 17.0 Å². The van der Waals surface area contributed by atoms with Crippen molar-refractivity contribution in [3.63, 3.8) is 0 Å². The van der Waals surface area contributed by atoms with E-state index >= 15 is 0 Å². The molecule has 6 rings (SSSR count). The quantitative estimate of drug-likeness (QED) is 0.128. The number of benzene rings is 4. The van der Waals surface area contributed by atoms with Crippen LogP contribution in [0.15, 0.2) is 109 Å². The summed E-state index contributed by atoms with van der Waals surface area (Å²) in [6.45, 7) is 13.1. The molecular weight excluding hydrogens is 647 g/mol. The van der Waals surface area contributed by atoms with Crippen molar-refractivity contribution in [2.45, 2.75) is 53.6 Å². The fourth-order valence-corrected chi connectivity index (χ4v) is 5.29. The van der Waals surface area contributed by atoms with E-state index in [0.29, 0.717) is 0 Å². The molecule has 6 aromatic rings. The summed E-state index contributed by atoms with van der Waals surface area (Å²) >= 11 is -0.826. The van der Waals surface area contributed by atoms with Crippen molar-refractivity contribution in [1.29, 1.82) is 0 Å². The SMILES string of the molecule is CCc1cc2c(-c3ccccc3)c(C)ccc2[cH-]1.CCc1cc2c(-c3ccccc3)c(C)ccc2[cH-]1.C[Si]C.[Cl][Zr+2][Cl]. The topological polar surface area (TPSA) is 0 Å². The number of fused-ring (bicyclic) bond motifs is 2. The van der Waals surface area contributed by atoms with Crippen molar-refractivity contribution in [1.82, 2.24) is 0 Å². The number of hydrogen-bond acceptors (Lipinski definition) is 0. The van der Waals surface area contributed by atoms with Crippen LogP contribution in [0.5, 0.6) is 0 Å². The molecule has 0 atom stereocenters. The number of halogens is 2. The van der Waals surface area contributed by atoms with E-state index in [1.807, 2.05) is 0 Å². The van der Waals surface area contributed by atoms with Crippen LogP contribution in [0.1, 0.15) is 36.1 Å². The molecule has 4 heteroatoms. The molecule has 6 aromatic carbocycles. The molecule has 0 spiro atoms. The first-order chi connectivity index (χ1) is 20.4. The van der Waals surface area contributed by atoms with Gasteiger partial charge in [0, 0.05) is 9.52 Å². The number of aryl methyl sites for hydroxylation is 4. The van der Waals surface area contributed by atoms with Crippen molar-refractivity contribution < 1.29 is 20.8 Å². The predicted molar refractivity (Wildman–Crippen MR) is 187 cm³/mol. The second-order valence-corrected chi connectivity index (χ2v) is 15.0. The Morgan fingerprint density at radius 3 is 1.24 bits per heavy atom. The van der Waals surface area contributed by atoms with Crippen LogP contribution < -0.4 is 0 Å². The Morgan fingerprint density at radius 1 is 0.595 bits per heavy atom. The minimum absolute atomic E-state index is 0.826. The summed E-state index contributed by atoms with van der Waals surface area (Å²) in [5.74, 6) is 0. The van der Waals surface area contributed by atoms with Crippen LogP contribution in [0.3, 0.4) is 0 Å². The van der Waals surface area contributed by atoms with E-state index in [1.165, 1.54) is 66.1 Å². The summed E-state index contributed by atoms with van der Waals surface area (Å²) in [6.07, 6.45) is 2.20. The van der Waals surface area contributed by atoms with Gasteiger partial charge in [-0.05, 0) is 37.8 Å². The molecule has 0 N–H and O–H groups in total. The zero-order valence-electron chi connectivity index (χ0n) is 25.6. The first kappa shape index (κ1) is 34.3. The number of hydrogen-bond donors (Lipinski definition) is 0. The van der Waals surface area contributed by atoms with Gasteiger partial charge in [0.25, 0.3) is 0 Å². The normalized spacial score (nSPS) is 10.1. The molecule has 0 aromatic heterocycles. The first-order valence-electron chi connectivity index (χ1n) is 14.5. The Balaban J connectivity index is 0.000000195. The first-order valence-corrected chi connectivity index (χ1v) is 22.8. The van der Waals surface area contributed by atoms with Gasteiger partial charge in [-0.3, -0.25) is 0 Å². The summed E-state index contributed by atoms with van der Waals surface area (Å²) in [7, 11) is 11.0. The van der Waals surface area contributed by atoms with E-state index in [0.717, 1.165) is 22.4 Å². The van der Waals surface area contributed by atoms with Gasteiger partial charge in [0.1, 0.15) is 0 Å². The zero-order chi connectivity index (χ0) is 30.5. The molecule has 42 heavy (non-hydrogen) atoms. The third-order valence-electron chi connectivity index (χ3n) is 7.26. The fraction of sp³-hybridized carbons (Fsp3) is 0.211. The van der Waals surface area contributed by atoms with Crippen LogP contribution >= 0.6 is 17.0 Å². The van der Waals surface area contributed by atoms with Gasteiger partial charge in [-0.25, -0.2) is 0 Å². The van der Waals surface area contributed by atoms with E-state index < -0.39 is 20.8 Å². The molecule has 0 aliphatic carbocycles. The minimum atomic E-state index is -0.826. The van der Waals surface area contributed by atoms with Gasteiger partial charge >= 0.3 is 37.9 Å². The van der Waals surface area contributed by atoms with Crippen molar-refractivity contribution in [3.05, 3.63) is 131 Å². The molecular formula is C38H40Cl2SiZr. The molecule has 0 aliphatic heterocycles. The van der Waals surface area contributed by atoms with Gasteiger partial charge in [-0.2, -0.15) is 12.1 Å². The average Bonchev–Trinajstić information content (AvgIpc) is 3.63. The maximum atomic E-state index is 4.93. The molecule has 0 saturated carbocycles. The monoisotopic (exact) mass is 684 g/mol. The van der Waals surface area contributed by atoms with Crippen LogP contribution in [-0.4, -0.2) is 9.52 Å². The van der Waals surface area contributed by atoms with Crippen molar-refractivity contribution >= 4 is 48.1 Å².